The third-order valence-electron chi connectivity index (χ3n) is 2.79. The maximum Gasteiger partial charge on any atom is 0.163 e. The van der Waals surface area contributed by atoms with Crippen molar-refractivity contribution in [3.8, 4) is 0 Å². The Balaban J connectivity index is 2.21. The summed E-state index contributed by atoms with van der Waals surface area (Å²) < 4.78 is 5.35. The van der Waals surface area contributed by atoms with Crippen LogP contribution in [-0.2, 0) is 17.8 Å². The molecule has 1 aromatic carbocycles. The highest BCUT2D eigenvalue weighted by atomic mass is 16.5. The van der Waals surface area contributed by atoms with Crippen molar-refractivity contribution in [2.24, 2.45) is 0 Å². The fraction of sp³-hybridized carbons (Fsp3) is 0.462. The Morgan fingerprint density at radius 3 is 3.00 bits per heavy atom. The summed E-state index contributed by atoms with van der Waals surface area (Å²) in [5.41, 5.74) is 3.29. The SMILES string of the molecule is CCOCc1ccc2c(c1)CCCC2=O. The summed E-state index contributed by atoms with van der Waals surface area (Å²) in [4.78, 5) is 11.6. The maximum atomic E-state index is 11.6. The van der Waals surface area contributed by atoms with Gasteiger partial charge in [0.2, 0.25) is 0 Å². The van der Waals surface area contributed by atoms with Crippen LogP contribution < -0.4 is 0 Å². The van der Waals surface area contributed by atoms with Crippen LogP contribution in [0.4, 0.5) is 0 Å². The average molecular weight is 204 g/mol. The smallest absolute Gasteiger partial charge is 0.163 e. The topological polar surface area (TPSA) is 26.3 Å². The zero-order valence-electron chi connectivity index (χ0n) is 9.08. The van der Waals surface area contributed by atoms with Crippen molar-refractivity contribution >= 4 is 5.78 Å². The van der Waals surface area contributed by atoms with Crippen LogP contribution in [0.5, 0.6) is 0 Å². The molecule has 0 radical (unpaired) electrons. The van der Waals surface area contributed by atoms with E-state index >= 15 is 0 Å². The van der Waals surface area contributed by atoms with Crippen molar-refractivity contribution in [2.75, 3.05) is 6.61 Å². The van der Waals surface area contributed by atoms with E-state index in [1.54, 1.807) is 0 Å². The highest BCUT2D eigenvalue weighted by molar-refractivity contribution is 5.98. The molecule has 0 heterocycles. The molecule has 0 aliphatic heterocycles. The fourth-order valence-electron chi connectivity index (χ4n) is 2.01. The van der Waals surface area contributed by atoms with Crippen LogP contribution >= 0.6 is 0 Å². The molecular formula is C13H16O2. The summed E-state index contributed by atoms with van der Waals surface area (Å²) in [5, 5.41) is 0. The Hall–Kier alpha value is -1.15. The minimum absolute atomic E-state index is 0.291. The van der Waals surface area contributed by atoms with Crippen molar-refractivity contribution < 1.29 is 9.53 Å². The molecule has 2 nitrogen and oxygen atoms in total. The summed E-state index contributed by atoms with van der Waals surface area (Å²) >= 11 is 0. The van der Waals surface area contributed by atoms with Gasteiger partial charge < -0.3 is 4.74 Å². The molecular weight excluding hydrogens is 188 g/mol. The lowest BCUT2D eigenvalue weighted by molar-refractivity contribution is 0.0972. The summed E-state index contributed by atoms with van der Waals surface area (Å²) in [6.45, 7) is 3.37. The number of benzene rings is 1. The second-order valence-electron chi connectivity index (χ2n) is 3.91. The normalized spacial score (nSPS) is 15.1. The summed E-state index contributed by atoms with van der Waals surface area (Å²) in [7, 11) is 0. The number of ether oxygens (including phenoxy) is 1. The average Bonchev–Trinajstić information content (AvgIpc) is 2.26. The van der Waals surface area contributed by atoms with Crippen LogP contribution in [0.2, 0.25) is 0 Å². The maximum absolute atomic E-state index is 11.6. The zero-order valence-corrected chi connectivity index (χ0v) is 9.08. The lowest BCUT2D eigenvalue weighted by atomic mass is 9.89. The van der Waals surface area contributed by atoms with Gasteiger partial charge in [0.05, 0.1) is 6.61 Å². The third-order valence-corrected chi connectivity index (χ3v) is 2.79. The molecule has 0 bridgehead atoms. The van der Waals surface area contributed by atoms with Gasteiger partial charge in [0.1, 0.15) is 0 Å². The molecule has 1 aromatic rings. The molecule has 0 saturated carbocycles. The summed E-state index contributed by atoms with van der Waals surface area (Å²) in [6.07, 6.45) is 2.72. The van der Waals surface area contributed by atoms with Crippen LogP contribution in [0, 0.1) is 0 Å². The second-order valence-corrected chi connectivity index (χ2v) is 3.91. The molecule has 0 spiro atoms. The molecule has 0 aromatic heterocycles. The van der Waals surface area contributed by atoms with E-state index in [0.29, 0.717) is 18.8 Å². The number of Topliss-reactive ketones (excluding diaryl/α,β-unsaturated/α-hetero) is 1. The predicted octanol–water partition coefficient (Wildman–Crippen LogP) is 2.74. The highest BCUT2D eigenvalue weighted by Crippen LogP contribution is 2.22. The molecule has 80 valence electrons. The van der Waals surface area contributed by atoms with E-state index in [0.717, 1.165) is 25.0 Å². The van der Waals surface area contributed by atoms with Crippen molar-refractivity contribution in [1.29, 1.82) is 0 Å². The first kappa shape index (κ1) is 10.4. The number of hydrogen-bond donors (Lipinski definition) is 0. The van der Waals surface area contributed by atoms with Gasteiger partial charge in [-0.15, -0.1) is 0 Å². The molecule has 15 heavy (non-hydrogen) atoms. The largest absolute Gasteiger partial charge is 0.377 e. The molecule has 1 aliphatic rings. The first-order valence-corrected chi connectivity index (χ1v) is 5.54. The minimum Gasteiger partial charge on any atom is -0.377 e. The van der Waals surface area contributed by atoms with Crippen molar-refractivity contribution in [3.05, 3.63) is 34.9 Å². The zero-order chi connectivity index (χ0) is 10.7. The van der Waals surface area contributed by atoms with Gasteiger partial charge in [-0.3, -0.25) is 4.79 Å². The molecule has 1 aliphatic carbocycles. The standard InChI is InChI=1S/C13H16O2/c1-2-15-9-10-6-7-12-11(8-10)4-3-5-13(12)14/h6-8H,2-5,9H2,1H3. The number of hydrogen-bond acceptors (Lipinski definition) is 2. The lowest BCUT2D eigenvalue weighted by Gasteiger charge is -2.15. The molecule has 0 amide bonds. The van der Waals surface area contributed by atoms with Gasteiger partial charge in [-0.25, -0.2) is 0 Å². The Morgan fingerprint density at radius 1 is 1.33 bits per heavy atom. The van der Waals surface area contributed by atoms with E-state index in [1.807, 2.05) is 19.1 Å². The van der Waals surface area contributed by atoms with Crippen LogP contribution in [0.1, 0.15) is 41.3 Å². The Kier molecular flexibility index (Phi) is 3.17. The number of carbonyl (C=O) groups excluding carboxylic acids is 1. The molecule has 0 atom stereocenters. The second kappa shape index (κ2) is 4.58. The monoisotopic (exact) mass is 204 g/mol. The van der Waals surface area contributed by atoms with Gasteiger partial charge >= 0.3 is 0 Å². The van der Waals surface area contributed by atoms with Crippen LogP contribution in [0.25, 0.3) is 0 Å². The molecule has 2 heteroatoms. The van der Waals surface area contributed by atoms with Crippen molar-refractivity contribution in [2.45, 2.75) is 32.8 Å². The quantitative estimate of drug-likeness (QED) is 0.756. The van der Waals surface area contributed by atoms with Gasteiger partial charge in [-0.05, 0) is 30.9 Å². The lowest BCUT2D eigenvalue weighted by Crippen LogP contribution is -2.11. The third kappa shape index (κ3) is 2.26. The van der Waals surface area contributed by atoms with Gasteiger partial charge in [0.25, 0.3) is 0 Å². The predicted molar refractivity (Wildman–Crippen MR) is 59.0 cm³/mol. The number of fused-ring (bicyclic) bond motifs is 1. The van der Waals surface area contributed by atoms with E-state index in [1.165, 1.54) is 11.1 Å². The Morgan fingerprint density at radius 2 is 2.20 bits per heavy atom. The molecule has 0 N–H and O–H groups in total. The minimum atomic E-state index is 0.291. The van der Waals surface area contributed by atoms with Gasteiger partial charge in [-0.2, -0.15) is 0 Å². The van der Waals surface area contributed by atoms with Gasteiger partial charge in [-0.1, -0.05) is 18.2 Å². The van der Waals surface area contributed by atoms with Crippen molar-refractivity contribution in [1.82, 2.24) is 0 Å². The first-order valence-electron chi connectivity index (χ1n) is 5.54. The van der Waals surface area contributed by atoms with E-state index in [4.69, 9.17) is 4.74 Å². The molecule has 0 saturated heterocycles. The molecule has 0 fully saturated rings. The van der Waals surface area contributed by atoms with E-state index < -0.39 is 0 Å². The molecule has 0 unspecified atom stereocenters. The van der Waals surface area contributed by atoms with E-state index in [2.05, 4.69) is 6.07 Å². The molecule has 2 rings (SSSR count). The Labute approximate surface area is 90.3 Å². The number of aryl methyl sites for hydroxylation is 1. The van der Waals surface area contributed by atoms with Crippen LogP contribution in [0.15, 0.2) is 18.2 Å². The summed E-state index contributed by atoms with van der Waals surface area (Å²) in [6, 6.07) is 6.06. The highest BCUT2D eigenvalue weighted by Gasteiger charge is 2.16. The number of rotatable bonds is 3. The Bertz CT molecular complexity index is 369. The van der Waals surface area contributed by atoms with Crippen LogP contribution in [-0.4, -0.2) is 12.4 Å². The summed E-state index contributed by atoms with van der Waals surface area (Å²) in [5.74, 6) is 0.291. The van der Waals surface area contributed by atoms with Crippen LogP contribution in [0.3, 0.4) is 0 Å². The van der Waals surface area contributed by atoms with E-state index in [-0.39, 0.29) is 0 Å². The van der Waals surface area contributed by atoms with Crippen molar-refractivity contribution in [3.63, 3.8) is 0 Å². The number of ketones is 1. The van der Waals surface area contributed by atoms with E-state index in [9.17, 15) is 4.79 Å². The van der Waals surface area contributed by atoms with Gasteiger partial charge in [0, 0.05) is 18.6 Å². The number of carbonyl (C=O) groups is 1. The van der Waals surface area contributed by atoms with Gasteiger partial charge in [0.15, 0.2) is 5.78 Å². The fourth-order valence-corrected chi connectivity index (χ4v) is 2.01. The first-order chi connectivity index (χ1) is 7.31.